The van der Waals surface area contributed by atoms with Crippen molar-refractivity contribution >= 4 is 0 Å². The van der Waals surface area contributed by atoms with Crippen molar-refractivity contribution in [3.05, 3.63) is 29.1 Å². The molecule has 2 N–H and O–H groups in total. The van der Waals surface area contributed by atoms with Gasteiger partial charge in [0.2, 0.25) is 0 Å². The molecule has 0 spiro atoms. The highest BCUT2D eigenvalue weighted by Crippen LogP contribution is 2.41. The van der Waals surface area contributed by atoms with Crippen LogP contribution in [-0.4, -0.2) is 31.8 Å². The lowest BCUT2D eigenvalue weighted by molar-refractivity contribution is -0.0179. The van der Waals surface area contributed by atoms with Gasteiger partial charge in [-0.1, -0.05) is 0 Å². The van der Waals surface area contributed by atoms with Crippen LogP contribution in [0.1, 0.15) is 23.6 Å². The Hall–Kier alpha value is -1.17. The summed E-state index contributed by atoms with van der Waals surface area (Å²) < 4.78 is 24.6. The minimum absolute atomic E-state index is 0.177. The van der Waals surface area contributed by atoms with Crippen molar-refractivity contribution in [2.75, 3.05) is 26.9 Å². The van der Waals surface area contributed by atoms with Crippen LogP contribution < -0.4 is 10.5 Å². The maximum Gasteiger partial charge on any atom is 0.189 e. The Balaban J connectivity index is 1.98. The maximum atomic E-state index is 13.8. The van der Waals surface area contributed by atoms with E-state index in [0.717, 1.165) is 29.8 Å². The predicted octanol–water partition coefficient (Wildman–Crippen LogP) is 1.64. The number of rotatable bonds is 2. The van der Waals surface area contributed by atoms with Gasteiger partial charge in [0, 0.05) is 23.7 Å². The molecule has 2 unspecified atom stereocenters. The van der Waals surface area contributed by atoms with E-state index in [1.165, 1.54) is 6.07 Å². The molecule has 1 saturated heterocycles. The van der Waals surface area contributed by atoms with Gasteiger partial charge in [-0.2, -0.15) is 0 Å². The van der Waals surface area contributed by atoms with Crippen molar-refractivity contribution in [3.63, 3.8) is 0 Å². The second kappa shape index (κ2) is 5.07. The third kappa shape index (κ3) is 2.33. The summed E-state index contributed by atoms with van der Waals surface area (Å²) in [6.45, 7) is 2.27. The molecule has 0 bridgehead atoms. The lowest BCUT2D eigenvalue weighted by Crippen LogP contribution is -2.22. The molecular weight excluding hydrogens is 247 g/mol. The zero-order valence-corrected chi connectivity index (χ0v) is 11.1. The maximum absolute atomic E-state index is 13.8. The molecule has 2 aliphatic heterocycles. The first kappa shape index (κ1) is 12.8. The summed E-state index contributed by atoms with van der Waals surface area (Å²) in [4.78, 5) is 2.23. The van der Waals surface area contributed by atoms with Crippen LogP contribution in [0.3, 0.4) is 0 Å². The van der Waals surface area contributed by atoms with Crippen molar-refractivity contribution in [2.24, 2.45) is 11.7 Å². The largest absolute Gasteiger partial charge is 0.467 e. The van der Waals surface area contributed by atoms with Gasteiger partial charge < -0.3 is 15.2 Å². The summed E-state index contributed by atoms with van der Waals surface area (Å²) in [6, 6.07) is 3.26. The Kier molecular flexibility index (Phi) is 3.43. The normalized spacial score (nSPS) is 27.1. The standard InChI is InChI=1S/C14H19FN2O2/c1-17-6-9(5-16)2-13(17)12-4-11(15)3-10-7-18-8-19-14(10)12/h3-4,9,13H,2,5-8,16H2,1H3. The molecule has 1 fully saturated rings. The molecule has 0 aromatic heterocycles. The van der Waals surface area contributed by atoms with Gasteiger partial charge in [-0.15, -0.1) is 0 Å². The Morgan fingerprint density at radius 3 is 3.05 bits per heavy atom. The second-order valence-corrected chi connectivity index (χ2v) is 5.39. The lowest BCUT2D eigenvalue weighted by atomic mass is 9.96. The Bertz CT molecular complexity index is 481. The van der Waals surface area contributed by atoms with Crippen LogP contribution in [0.15, 0.2) is 12.1 Å². The quantitative estimate of drug-likeness (QED) is 0.884. The Morgan fingerprint density at radius 2 is 2.32 bits per heavy atom. The molecule has 5 heteroatoms. The van der Waals surface area contributed by atoms with Gasteiger partial charge in [-0.3, -0.25) is 4.90 Å². The number of ether oxygens (including phenoxy) is 2. The van der Waals surface area contributed by atoms with Crippen LogP contribution in [0.2, 0.25) is 0 Å². The monoisotopic (exact) mass is 266 g/mol. The number of hydrogen-bond acceptors (Lipinski definition) is 4. The molecule has 3 rings (SSSR count). The van der Waals surface area contributed by atoms with Gasteiger partial charge >= 0.3 is 0 Å². The van der Waals surface area contributed by atoms with Crippen molar-refractivity contribution in [2.45, 2.75) is 19.1 Å². The van der Waals surface area contributed by atoms with E-state index >= 15 is 0 Å². The zero-order valence-electron chi connectivity index (χ0n) is 11.1. The SMILES string of the molecule is CN1CC(CN)CC1c1cc(F)cc2c1OCOC2. The van der Waals surface area contributed by atoms with Crippen LogP contribution in [0.5, 0.6) is 5.75 Å². The van der Waals surface area contributed by atoms with Crippen LogP contribution in [0.25, 0.3) is 0 Å². The summed E-state index contributed by atoms with van der Waals surface area (Å²) in [5, 5.41) is 0. The predicted molar refractivity (Wildman–Crippen MR) is 69.2 cm³/mol. The summed E-state index contributed by atoms with van der Waals surface area (Å²) in [5.41, 5.74) is 7.48. The first-order valence-electron chi connectivity index (χ1n) is 6.62. The van der Waals surface area contributed by atoms with E-state index in [-0.39, 0.29) is 18.7 Å². The molecule has 2 aliphatic rings. The number of hydrogen-bond donors (Lipinski definition) is 1. The topological polar surface area (TPSA) is 47.7 Å². The molecule has 2 atom stereocenters. The summed E-state index contributed by atoms with van der Waals surface area (Å²) in [7, 11) is 2.05. The minimum Gasteiger partial charge on any atom is -0.467 e. The summed E-state index contributed by atoms with van der Waals surface area (Å²) in [6.07, 6.45) is 0.951. The fraction of sp³-hybridized carbons (Fsp3) is 0.571. The molecule has 104 valence electrons. The highest BCUT2D eigenvalue weighted by atomic mass is 19.1. The molecule has 0 aliphatic carbocycles. The van der Waals surface area contributed by atoms with Gasteiger partial charge in [0.05, 0.1) is 6.61 Å². The fourth-order valence-electron chi connectivity index (χ4n) is 3.10. The third-order valence-corrected chi connectivity index (χ3v) is 4.03. The third-order valence-electron chi connectivity index (χ3n) is 4.03. The van der Waals surface area contributed by atoms with E-state index in [1.807, 2.05) is 0 Å². The van der Waals surface area contributed by atoms with Gasteiger partial charge in [0.1, 0.15) is 11.6 Å². The average molecular weight is 266 g/mol. The highest BCUT2D eigenvalue weighted by Gasteiger charge is 2.33. The molecule has 0 radical (unpaired) electrons. The first-order chi connectivity index (χ1) is 9.19. The number of benzene rings is 1. The van der Waals surface area contributed by atoms with Crippen LogP contribution in [0, 0.1) is 11.7 Å². The van der Waals surface area contributed by atoms with Crippen molar-refractivity contribution in [1.29, 1.82) is 0 Å². The summed E-state index contributed by atoms with van der Waals surface area (Å²) in [5.74, 6) is 1.03. The van der Waals surface area contributed by atoms with Crippen LogP contribution in [0.4, 0.5) is 4.39 Å². The Morgan fingerprint density at radius 1 is 1.47 bits per heavy atom. The molecule has 0 amide bonds. The van der Waals surface area contributed by atoms with Crippen LogP contribution in [-0.2, 0) is 11.3 Å². The second-order valence-electron chi connectivity index (χ2n) is 5.39. The Labute approximate surface area is 112 Å². The van der Waals surface area contributed by atoms with Crippen molar-refractivity contribution < 1.29 is 13.9 Å². The van der Waals surface area contributed by atoms with E-state index in [1.54, 1.807) is 6.07 Å². The van der Waals surface area contributed by atoms with E-state index in [4.69, 9.17) is 15.2 Å². The number of halogens is 1. The van der Waals surface area contributed by atoms with E-state index in [2.05, 4.69) is 11.9 Å². The lowest BCUT2D eigenvalue weighted by Gasteiger charge is -2.26. The first-order valence-corrected chi connectivity index (χ1v) is 6.62. The summed E-state index contributed by atoms with van der Waals surface area (Å²) >= 11 is 0. The molecule has 2 heterocycles. The smallest absolute Gasteiger partial charge is 0.189 e. The van der Waals surface area contributed by atoms with Gasteiger partial charge in [-0.25, -0.2) is 4.39 Å². The highest BCUT2D eigenvalue weighted by molar-refractivity contribution is 5.44. The van der Waals surface area contributed by atoms with Gasteiger partial charge in [0.15, 0.2) is 6.79 Å². The van der Waals surface area contributed by atoms with E-state index in [9.17, 15) is 4.39 Å². The fourth-order valence-corrected chi connectivity index (χ4v) is 3.10. The molecule has 1 aromatic rings. The molecule has 1 aromatic carbocycles. The molecule has 0 saturated carbocycles. The van der Waals surface area contributed by atoms with Gasteiger partial charge in [-0.05, 0) is 38.1 Å². The molecule has 4 nitrogen and oxygen atoms in total. The number of nitrogens with zero attached hydrogens (tertiary/aromatic N) is 1. The number of likely N-dealkylation sites (tertiary alicyclic amines) is 1. The van der Waals surface area contributed by atoms with E-state index < -0.39 is 0 Å². The van der Waals surface area contributed by atoms with Crippen molar-refractivity contribution in [3.8, 4) is 5.75 Å². The zero-order chi connectivity index (χ0) is 13.4. The van der Waals surface area contributed by atoms with E-state index in [0.29, 0.717) is 19.1 Å². The molecule has 19 heavy (non-hydrogen) atoms. The van der Waals surface area contributed by atoms with Crippen molar-refractivity contribution in [1.82, 2.24) is 4.90 Å². The number of fused-ring (bicyclic) bond motifs is 1. The van der Waals surface area contributed by atoms with Gasteiger partial charge in [0.25, 0.3) is 0 Å². The minimum atomic E-state index is -0.229. The molecular formula is C14H19FN2O2. The average Bonchev–Trinajstić information content (AvgIpc) is 2.79. The number of nitrogens with two attached hydrogens (primary N) is 1. The van der Waals surface area contributed by atoms with Crippen LogP contribution >= 0.6 is 0 Å².